The van der Waals surface area contributed by atoms with Crippen molar-refractivity contribution in [1.82, 2.24) is 10.6 Å². The van der Waals surface area contributed by atoms with E-state index in [1.54, 1.807) is 5.57 Å². The predicted octanol–water partition coefficient (Wildman–Crippen LogP) is 5.34. The van der Waals surface area contributed by atoms with Gasteiger partial charge < -0.3 is 15.1 Å². The molecule has 1 radical (unpaired) electrons. The van der Waals surface area contributed by atoms with Gasteiger partial charge in [-0.25, -0.2) is 0 Å². The lowest BCUT2D eigenvalue weighted by Gasteiger charge is -2.56. The van der Waals surface area contributed by atoms with Gasteiger partial charge in [0.15, 0.2) is 0 Å². The molecule has 4 aliphatic carbocycles. The highest BCUT2D eigenvalue weighted by Crippen LogP contribution is 2.65. The smallest absolute Gasteiger partial charge is 0.224 e. The number of hydrogen-bond donors (Lipinski definition) is 2. The van der Waals surface area contributed by atoms with E-state index in [9.17, 15) is 4.79 Å². The molecule has 5 heteroatoms. The fourth-order valence-corrected chi connectivity index (χ4v) is 8.01. The Morgan fingerprint density at radius 1 is 1.12 bits per heavy atom. The first-order chi connectivity index (χ1) is 15.0. The molecule has 5 aliphatic rings. The maximum absolute atomic E-state index is 12.3. The Bertz CT molecular complexity index is 852. The van der Waals surface area contributed by atoms with Crippen LogP contribution in [0.15, 0.2) is 22.9 Å². The van der Waals surface area contributed by atoms with Gasteiger partial charge >= 0.3 is 0 Å². The largest absolute Gasteiger partial charge is 0.417 e. The molecule has 4 nitrogen and oxygen atoms in total. The molecule has 2 N–H and O–H groups in total. The number of nitrogens with one attached hydrogen (secondary N) is 2. The average molecular weight is 456 g/mol. The summed E-state index contributed by atoms with van der Waals surface area (Å²) in [7, 11) is -0.722. The minimum atomic E-state index is -0.722. The van der Waals surface area contributed by atoms with Crippen LogP contribution in [0.3, 0.4) is 0 Å². The van der Waals surface area contributed by atoms with E-state index in [2.05, 4.69) is 57.5 Å². The van der Waals surface area contributed by atoms with Crippen molar-refractivity contribution < 1.29 is 9.22 Å². The Morgan fingerprint density at radius 2 is 1.88 bits per heavy atom. The van der Waals surface area contributed by atoms with E-state index in [-0.39, 0.29) is 22.2 Å². The van der Waals surface area contributed by atoms with Gasteiger partial charge in [0.05, 0.1) is 0 Å². The van der Waals surface area contributed by atoms with Crippen LogP contribution in [0.5, 0.6) is 0 Å². The summed E-state index contributed by atoms with van der Waals surface area (Å²) in [5.41, 5.74) is 4.78. The van der Waals surface area contributed by atoms with Gasteiger partial charge in [-0.2, -0.15) is 0 Å². The van der Waals surface area contributed by atoms with Crippen LogP contribution in [0.25, 0.3) is 0 Å². The molecule has 4 fully saturated rings. The number of carbonyl (C=O) groups excluding carboxylic acids is 1. The van der Waals surface area contributed by atoms with Crippen molar-refractivity contribution in [2.45, 2.75) is 104 Å². The molecule has 0 unspecified atom stereocenters. The maximum atomic E-state index is 12.3. The van der Waals surface area contributed by atoms with Crippen molar-refractivity contribution in [3.63, 3.8) is 0 Å². The average Bonchev–Trinajstić information content (AvgIpc) is 3.46. The van der Waals surface area contributed by atoms with Crippen molar-refractivity contribution in [1.29, 1.82) is 0 Å². The zero-order chi connectivity index (χ0) is 22.9. The minimum Gasteiger partial charge on any atom is -0.417 e. The Labute approximate surface area is 196 Å². The maximum Gasteiger partial charge on any atom is 0.224 e. The zero-order valence-electron chi connectivity index (χ0n) is 21.1. The summed E-state index contributed by atoms with van der Waals surface area (Å²) < 4.78 is 6.53. The number of allylic oxidation sites excluding steroid dienone is 4. The fraction of sp³-hybridized carbons (Fsp3) is 0.815. The summed E-state index contributed by atoms with van der Waals surface area (Å²) in [5.74, 6) is 1.34. The quantitative estimate of drug-likeness (QED) is 0.550. The van der Waals surface area contributed by atoms with Crippen LogP contribution in [0.1, 0.15) is 79.1 Å². The van der Waals surface area contributed by atoms with Gasteiger partial charge in [-0.05, 0) is 86.9 Å². The lowest BCUT2D eigenvalue weighted by Crippen LogP contribution is -2.55. The second-order valence-electron chi connectivity index (χ2n) is 12.8. The second-order valence-corrected chi connectivity index (χ2v) is 14.9. The van der Waals surface area contributed by atoms with Crippen molar-refractivity contribution >= 4 is 14.9 Å². The molecule has 0 aromatic carbocycles. The van der Waals surface area contributed by atoms with E-state index in [0.717, 1.165) is 19.1 Å². The molecule has 1 heterocycles. The Kier molecular flexibility index (Phi) is 5.58. The third-order valence-corrected chi connectivity index (χ3v) is 10.1. The molecule has 3 saturated carbocycles. The lowest BCUT2D eigenvalue weighted by atomic mass is 9.50. The van der Waals surface area contributed by atoms with Crippen LogP contribution in [-0.2, 0) is 9.22 Å². The molecule has 0 aromatic heterocycles. The fourth-order valence-electron chi connectivity index (χ4n) is 7.45. The normalized spacial score (nSPS) is 39.4. The minimum absolute atomic E-state index is 0.0669. The molecule has 1 aliphatic heterocycles. The van der Waals surface area contributed by atoms with Gasteiger partial charge in [-0.1, -0.05) is 33.3 Å². The predicted molar refractivity (Wildman–Crippen MR) is 131 cm³/mol. The van der Waals surface area contributed by atoms with Crippen LogP contribution in [-0.4, -0.2) is 33.6 Å². The highest BCUT2D eigenvalue weighted by molar-refractivity contribution is 6.48. The summed E-state index contributed by atoms with van der Waals surface area (Å²) in [6.45, 7) is 15.0. The molecule has 32 heavy (non-hydrogen) atoms. The number of fused-ring (bicyclic) bond motifs is 5. The monoisotopic (exact) mass is 455 g/mol. The van der Waals surface area contributed by atoms with Gasteiger partial charge in [-0.3, -0.25) is 4.79 Å². The molecule has 0 bridgehead atoms. The number of rotatable bonds is 5. The molecular formula is C27H43N2O2Si. The first-order valence-electron chi connectivity index (χ1n) is 13.0. The van der Waals surface area contributed by atoms with Gasteiger partial charge in [0.2, 0.25) is 14.9 Å². The number of amides is 1. The van der Waals surface area contributed by atoms with Crippen molar-refractivity contribution in [3.05, 3.63) is 22.9 Å². The van der Waals surface area contributed by atoms with E-state index >= 15 is 0 Å². The van der Waals surface area contributed by atoms with E-state index in [0.29, 0.717) is 24.3 Å². The topological polar surface area (TPSA) is 50.4 Å². The molecule has 5 rings (SSSR count). The number of piperidine rings is 1. The summed E-state index contributed by atoms with van der Waals surface area (Å²) in [6.07, 6.45) is 11.7. The summed E-state index contributed by atoms with van der Waals surface area (Å²) in [4.78, 5) is 12.3. The van der Waals surface area contributed by atoms with Gasteiger partial charge in [-0.15, -0.1) is 0 Å². The highest BCUT2D eigenvalue weighted by atomic mass is 28.3. The summed E-state index contributed by atoms with van der Waals surface area (Å²) in [6, 6.07) is 1.32. The molecule has 1 saturated heterocycles. The van der Waals surface area contributed by atoms with E-state index in [1.807, 2.05) is 0 Å². The van der Waals surface area contributed by atoms with Gasteiger partial charge in [0, 0.05) is 41.6 Å². The first kappa shape index (κ1) is 22.9. The van der Waals surface area contributed by atoms with Crippen LogP contribution in [0.4, 0.5) is 0 Å². The van der Waals surface area contributed by atoms with Crippen LogP contribution in [0, 0.1) is 28.1 Å². The van der Waals surface area contributed by atoms with Gasteiger partial charge in [0.25, 0.3) is 0 Å². The molecule has 5 atom stereocenters. The third kappa shape index (κ3) is 3.67. The lowest BCUT2D eigenvalue weighted by molar-refractivity contribution is -0.123. The standard InChI is InChI=1S/C27H43N2O2Si/c1-25(2,3)20-15-22-26(4,13-12-23(30)29-22)18-11-14-27(16-31-32(5)6)19(24(18)20)9-10-21(27)28-17-7-8-17/h15,17-19,21,28H,7-14,16H2,1-6H3,(H,29,30)/t18-,19-,21-,26+,27+/m0/s1. The molecule has 1 amide bonds. The number of carbonyl (C=O) groups is 1. The third-order valence-electron chi connectivity index (χ3n) is 9.36. The Morgan fingerprint density at radius 3 is 2.53 bits per heavy atom. The second kappa shape index (κ2) is 7.81. The molecular weight excluding hydrogens is 412 g/mol. The summed E-state index contributed by atoms with van der Waals surface area (Å²) >= 11 is 0. The zero-order valence-corrected chi connectivity index (χ0v) is 22.1. The Balaban J connectivity index is 1.61. The molecule has 0 spiro atoms. The van der Waals surface area contributed by atoms with E-state index in [4.69, 9.17) is 4.43 Å². The van der Waals surface area contributed by atoms with Crippen molar-refractivity contribution in [2.75, 3.05) is 6.61 Å². The number of hydrogen-bond acceptors (Lipinski definition) is 3. The summed E-state index contributed by atoms with van der Waals surface area (Å²) in [5, 5.41) is 7.38. The molecule has 177 valence electrons. The van der Waals surface area contributed by atoms with Crippen LogP contribution in [0.2, 0.25) is 13.1 Å². The van der Waals surface area contributed by atoms with Crippen molar-refractivity contribution in [2.24, 2.45) is 28.1 Å². The van der Waals surface area contributed by atoms with E-state index in [1.165, 1.54) is 49.8 Å². The SMILES string of the molecule is C[Si](C)OC[C@]12CC[C@H]3C(=C(C(C)(C)C)C=C4NC(=O)CC[C@@]43C)[C@@H]1CC[C@@H]2NC1CC1. The van der Waals surface area contributed by atoms with Gasteiger partial charge in [0.1, 0.15) is 0 Å². The van der Waals surface area contributed by atoms with Crippen LogP contribution >= 0.6 is 0 Å². The van der Waals surface area contributed by atoms with Crippen molar-refractivity contribution in [3.8, 4) is 0 Å². The first-order valence-corrected chi connectivity index (χ1v) is 15.4. The highest BCUT2D eigenvalue weighted by Gasteiger charge is 2.60. The van der Waals surface area contributed by atoms with E-state index < -0.39 is 9.04 Å². The molecule has 0 aromatic rings. The Hall–Kier alpha value is -0.913. The van der Waals surface area contributed by atoms with Crippen LogP contribution < -0.4 is 10.6 Å².